The number of amides is 2. The quantitative estimate of drug-likeness (QED) is 0.201. The van der Waals surface area contributed by atoms with Gasteiger partial charge in [-0.2, -0.15) is 15.2 Å². The number of rotatable bonds is 6. The van der Waals surface area contributed by atoms with Gasteiger partial charge < -0.3 is 28.7 Å². The minimum absolute atomic E-state index is 0.00449. The Balaban J connectivity index is 1.30. The number of carbonyl (C=O) groups is 2. The van der Waals surface area contributed by atoms with Crippen LogP contribution < -0.4 is 15.0 Å². The number of nitrogens with zero attached hydrogens (tertiary/aromatic N) is 7. The van der Waals surface area contributed by atoms with E-state index in [1.165, 1.54) is 0 Å². The second kappa shape index (κ2) is 14.9. The second-order valence-electron chi connectivity index (χ2n) is 17.7. The first kappa shape index (κ1) is 40.8. The summed E-state index contributed by atoms with van der Waals surface area (Å²) in [5.74, 6) is -1.20. The smallest absolute Gasteiger partial charge is 0.412 e. The number of ether oxygens (including phenoxy) is 4. The number of nitrogens with one attached hydrogen (secondary N) is 1. The van der Waals surface area contributed by atoms with Gasteiger partial charge in [0, 0.05) is 42.7 Å². The van der Waals surface area contributed by atoms with Crippen molar-refractivity contribution < 1.29 is 41.7 Å². The SMILES string of the molecule is CC(Oc1nc(N2C3CCC2CN(C(=O)OC(C)(C)C)C3)c2c3c(c(-c4ncc(F)c5sc(NC(=O)OC(C)(C)C)c(C#N)c45)c(F)c2n1)COC3)[C@@H]1[C@@H](F)CCN1C. The molecular weight excluding hydrogens is 790 g/mol. The molecule has 3 unspecified atom stereocenters. The highest BCUT2D eigenvalue weighted by Gasteiger charge is 2.45. The molecule has 0 saturated carbocycles. The minimum atomic E-state index is -1.16. The molecule has 0 radical (unpaired) electrons. The standard InChI is InChI=1S/C41H47F3N8O6S/c1-19(33-25(42)11-12-50(33)8)56-37-47-32-29(35(48-37)52-20-9-10-21(52)16-51(15-20)39(54)58-41(5,6)7)24-18-55-17-23(24)27(30(32)44)31-28-22(13-45)36(49-38(53)57-40(2,3)4)59-34(28)26(43)14-46-31/h14,19-21,25,33H,9-12,15-18H2,1-8H3,(H,49,53)/t19?,20?,21?,25-,33+/m0/s1. The number of carbonyl (C=O) groups excluding carboxylic acids is 2. The number of benzene rings is 1. The number of pyridine rings is 1. The molecule has 3 saturated heterocycles. The first-order chi connectivity index (χ1) is 27.8. The number of thiophene rings is 1. The molecular formula is C41H47F3N8O6S. The average Bonchev–Trinajstić information content (AvgIpc) is 3.91. The van der Waals surface area contributed by atoms with Gasteiger partial charge in [-0.05, 0) is 85.9 Å². The Morgan fingerprint density at radius 2 is 1.69 bits per heavy atom. The fourth-order valence-electron chi connectivity index (χ4n) is 8.86. The van der Waals surface area contributed by atoms with E-state index in [0.717, 1.165) is 30.4 Å². The highest BCUT2D eigenvalue weighted by molar-refractivity contribution is 7.23. The molecule has 8 rings (SSSR count). The van der Waals surface area contributed by atoms with Gasteiger partial charge in [-0.3, -0.25) is 15.2 Å². The number of aromatic nitrogens is 3. The molecule has 0 spiro atoms. The maximum Gasteiger partial charge on any atom is 0.412 e. The summed E-state index contributed by atoms with van der Waals surface area (Å²) in [6, 6.07) is 0.883. The van der Waals surface area contributed by atoms with E-state index < -0.39 is 53.3 Å². The molecule has 2 amide bonds. The summed E-state index contributed by atoms with van der Waals surface area (Å²) >= 11 is 0.809. The van der Waals surface area contributed by atoms with Crippen molar-refractivity contribution in [3.05, 3.63) is 34.5 Å². The van der Waals surface area contributed by atoms with Crippen LogP contribution in [0.3, 0.4) is 0 Å². The largest absolute Gasteiger partial charge is 0.459 e. The number of hydrogen-bond donors (Lipinski definition) is 1. The number of alkyl halides is 1. The summed E-state index contributed by atoms with van der Waals surface area (Å²) in [6.07, 6.45) is -0.397. The van der Waals surface area contributed by atoms with Gasteiger partial charge in [0.2, 0.25) is 0 Å². The summed E-state index contributed by atoms with van der Waals surface area (Å²) in [5.41, 5.74) is -0.858. The molecule has 2 bridgehead atoms. The summed E-state index contributed by atoms with van der Waals surface area (Å²) < 4.78 is 72.0. The zero-order chi connectivity index (χ0) is 42.3. The highest BCUT2D eigenvalue weighted by atomic mass is 32.1. The van der Waals surface area contributed by atoms with Gasteiger partial charge in [-0.1, -0.05) is 0 Å². The summed E-state index contributed by atoms with van der Waals surface area (Å²) in [5, 5.41) is 13.4. The van der Waals surface area contributed by atoms with Crippen molar-refractivity contribution in [1.82, 2.24) is 24.8 Å². The molecule has 314 valence electrons. The number of hydrogen-bond acceptors (Lipinski definition) is 13. The van der Waals surface area contributed by atoms with Gasteiger partial charge in [0.15, 0.2) is 11.6 Å². The number of fused-ring (bicyclic) bond motifs is 6. The van der Waals surface area contributed by atoms with E-state index in [1.807, 2.05) is 32.7 Å². The molecule has 59 heavy (non-hydrogen) atoms. The van der Waals surface area contributed by atoms with Crippen molar-refractivity contribution in [1.29, 1.82) is 5.26 Å². The molecule has 5 atom stereocenters. The van der Waals surface area contributed by atoms with Gasteiger partial charge in [-0.15, -0.1) is 11.3 Å². The molecule has 3 aromatic heterocycles. The zero-order valence-electron chi connectivity index (χ0n) is 34.2. The number of anilines is 2. The fourth-order valence-corrected chi connectivity index (χ4v) is 9.90. The van der Waals surface area contributed by atoms with Crippen LogP contribution >= 0.6 is 11.3 Å². The van der Waals surface area contributed by atoms with Crippen molar-refractivity contribution in [2.45, 2.75) is 123 Å². The van der Waals surface area contributed by atoms with Crippen LogP contribution in [0.2, 0.25) is 0 Å². The third-order valence-electron chi connectivity index (χ3n) is 11.2. The van der Waals surface area contributed by atoms with E-state index in [2.05, 4.69) is 26.3 Å². The lowest BCUT2D eigenvalue weighted by molar-refractivity contribution is 0.0208. The van der Waals surface area contributed by atoms with E-state index in [1.54, 1.807) is 32.6 Å². The second-order valence-corrected chi connectivity index (χ2v) is 18.7. The van der Waals surface area contributed by atoms with Crippen molar-refractivity contribution in [2.24, 2.45) is 0 Å². The molecule has 3 fully saturated rings. The van der Waals surface area contributed by atoms with Gasteiger partial charge >= 0.3 is 18.2 Å². The van der Waals surface area contributed by atoms with E-state index in [4.69, 9.17) is 23.9 Å². The van der Waals surface area contributed by atoms with Gasteiger partial charge in [0.1, 0.15) is 45.9 Å². The molecule has 14 nitrogen and oxygen atoms in total. The topological polar surface area (TPSA) is 155 Å². The van der Waals surface area contributed by atoms with Crippen LogP contribution in [0.1, 0.15) is 84.4 Å². The first-order valence-corrected chi connectivity index (χ1v) is 20.6. The molecule has 4 aliphatic heterocycles. The Kier molecular flexibility index (Phi) is 10.3. The first-order valence-electron chi connectivity index (χ1n) is 19.7. The predicted octanol–water partition coefficient (Wildman–Crippen LogP) is 7.83. The van der Waals surface area contributed by atoms with Gasteiger partial charge in [0.25, 0.3) is 0 Å². The van der Waals surface area contributed by atoms with Crippen molar-refractivity contribution >= 4 is 55.3 Å². The summed E-state index contributed by atoms with van der Waals surface area (Å²) in [7, 11) is 1.82. The Labute approximate surface area is 343 Å². The van der Waals surface area contributed by atoms with Crippen LogP contribution in [-0.2, 0) is 27.4 Å². The van der Waals surface area contributed by atoms with E-state index in [-0.39, 0.29) is 68.7 Å². The molecule has 0 aliphatic carbocycles. The van der Waals surface area contributed by atoms with Crippen LogP contribution in [0, 0.1) is 23.0 Å². The molecule has 1 N–H and O–H groups in total. The maximum atomic E-state index is 17.8. The number of piperazine rings is 1. The molecule has 4 aliphatic rings. The summed E-state index contributed by atoms with van der Waals surface area (Å²) in [6.45, 7) is 13.5. The molecule has 18 heteroatoms. The Hall–Kier alpha value is -4.99. The fraction of sp³-hybridized carbons (Fsp3) is 0.561. The highest BCUT2D eigenvalue weighted by Crippen LogP contribution is 2.49. The van der Waals surface area contributed by atoms with Gasteiger partial charge in [0.05, 0.1) is 46.8 Å². The van der Waals surface area contributed by atoms with E-state index in [0.29, 0.717) is 48.4 Å². The van der Waals surface area contributed by atoms with E-state index >= 15 is 13.2 Å². The monoisotopic (exact) mass is 836 g/mol. The molecule has 1 aromatic carbocycles. The number of likely N-dealkylation sites (N-methyl/N-ethyl adjacent to an activating group) is 1. The minimum Gasteiger partial charge on any atom is -0.459 e. The van der Waals surface area contributed by atoms with Crippen LogP contribution in [0.15, 0.2) is 6.20 Å². The van der Waals surface area contributed by atoms with E-state index in [9.17, 15) is 14.9 Å². The van der Waals surface area contributed by atoms with Crippen molar-refractivity contribution in [3.8, 4) is 23.3 Å². The lowest BCUT2D eigenvalue weighted by atomic mass is 9.93. The van der Waals surface area contributed by atoms with Crippen molar-refractivity contribution in [2.75, 3.05) is 36.9 Å². The number of likely N-dealkylation sites (tertiary alicyclic amines) is 2. The average molecular weight is 837 g/mol. The third kappa shape index (κ3) is 7.46. The summed E-state index contributed by atoms with van der Waals surface area (Å²) in [4.78, 5) is 45.7. The Morgan fingerprint density at radius 3 is 2.32 bits per heavy atom. The zero-order valence-corrected chi connectivity index (χ0v) is 35.1. The molecule has 4 aromatic rings. The predicted molar refractivity (Wildman–Crippen MR) is 214 cm³/mol. The number of nitriles is 1. The lowest BCUT2D eigenvalue weighted by Crippen LogP contribution is -2.56. The Morgan fingerprint density at radius 1 is 1.02 bits per heavy atom. The van der Waals surface area contributed by atoms with Crippen LogP contribution in [0.25, 0.3) is 32.2 Å². The normalized spacial score (nSPS) is 22.5. The van der Waals surface area contributed by atoms with Crippen LogP contribution in [0.4, 0.5) is 33.6 Å². The van der Waals surface area contributed by atoms with Crippen LogP contribution in [-0.4, -0.2) is 105 Å². The lowest BCUT2D eigenvalue weighted by Gasteiger charge is -2.42. The third-order valence-corrected chi connectivity index (χ3v) is 12.3. The van der Waals surface area contributed by atoms with Gasteiger partial charge in [-0.25, -0.2) is 22.8 Å². The molecule has 7 heterocycles. The van der Waals surface area contributed by atoms with Crippen LogP contribution in [0.5, 0.6) is 6.01 Å². The maximum absolute atomic E-state index is 17.8. The number of halogens is 3. The van der Waals surface area contributed by atoms with Crippen molar-refractivity contribution in [3.63, 3.8) is 0 Å². The Bertz CT molecular complexity index is 2390.